The lowest BCUT2D eigenvalue weighted by molar-refractivity contribution is -0.132. The first-order valence-electron chi connectivity index (χ1n) is 3.81. The maximum Gasteiger partial charge on any atom is 0.244 e. The van der Waals surface area contributed by atoms with E-state index in [1.807, 2.05) is 0 Å². The van der Waals surface area contributed by atoms with Crippen LogP contribution in [0, 0.1) is 0 Å². The molecule has 4 heteroatoms. The van der Waals surface area contributed by atoms with Crippen LogP contribution in [0.4, 0.5) is 0 Å². The average molecular weight is 154 g/mol. The molecule has 2 aliphatic heterocycles. The lowest BCUT2D eigenvalue weighted by Crippen LogP contribution is -2.35. The first-order chi connectivity index (χ1) is 5.20. The minimum absolute atomic E-state index is 0.00926. The van der Waals surface area contributed by atoms with Crippen molar-refractivity contribution in [1.82, 2.24) is 10.2 Å². The van der Waals surface area contributed by atoms with E-state index >= 15 is 0 Å². The number of nitrogens with one attached hydrogen (secondary N) is 1. The Balaban J connectivity index is 2.26. The van der Waals surface area contributed by atoms with Crippen LogP contribution in [0.2, 0.25) is 0 Å². The van der Waals surface area contributed by atoms with Gasteiger partial charge in [-0.25, -0.2) is 0 Å². The lowest BCUT2D eigenvalue weighted by atomic mass is 10.3. The summed E-state index contributed by atoms with van der Waals surface area (Å²) in [6.07, 6.45) is 1.34. The van der Waals surface area contributed by atoms with E-state index in [9.17, 15) is 9.59 Å². The first kappa shape index (κ1) is 6.64. The lowest BCUT2D eigenvalue weighted by Gasteiger charge is -2.16. The van der Waals surface area contributed by atoms with Crippen molar-refractivity contribution in [3.8, 4) is 0 Å². The SMILES string of the molecule is C[C@@H]1C(=O)N[C@@H]2CCC(=O)N12. The second-order valence-corrected chi connectivity index (χ2v) is 3.04. The van der Waals surface area contributed by atoms with E-state index in [1.165, 1.54) is 0 Å². The smallest absolute Gasteiger partial charge is 0.244 e. The third kappa shape index (κ3) is 0.751. The van der Waals surface area contributed by atoms with Gasteiger partial charge in [-0.15, -0.1) is 0 Å². The van der Waals surface area contributed by atoms with Gasteiger partial charge in [0.1, 0.15) is 12.2 Å². The summed E-state index contributed by atoms with van der Waals surface area (Å²) in [5, 5.41) is 2.76. The van der Waals surface area contributed by atoms with E-state index < -0.39 is 0 Å². The van der Waals surface area contributed by atoms with E-state index in [0.29, 0.717) is 6.42 Å². The zero-order chi connectivity index (χ0) is 8.01. The highest BCUT2D eigenvalue weighted by Crippen LogP contribution is 2.24. The molecule has 2 rings (SSSR count). The van der Waals surface area contributed by atoms with Crippen LogP contribution < -0.4 is 5.32 Å². The summed E-state index contributed by atoms with van der Waals surface area (Å²) in [5.41, 5.74) is 0. The number of amides is 2. The molecule has 0 saturated carbocycles. The average Bonchev–Trinajstić information content (AvgIpc) is 2.41. The molecule has 0 aromatic carbocycles. The molecule has 0 aromatic heterocycles. The number of hydrogen-bond acceptors (Lipinski definition) is 2. The monoisotopic (exact) mass is 154 g/mol. The summed E-state index contributed by atoms with van der Waals surface area (Å²) in [6.45, 7) is 1.76. The van der Waals surface area contributed by atoms with E-state index in [2.05, 4.69) is 5.32 Å². The van der Waals surface area contributed by atoms with Gasteiger partial charge in [0.2, 0.25) is 11.8 Å². The zero-order valence-corrected chi connectivity index (χ0v) is 6.33. The summed E-state index contributed by atoms with van der Waals surface area (Å²) in [4.78, 5) is 23.8. The second kappa shape index (κ2) is 1.96. The van der Waals surface area contributed by atoms with Gasteiger partial charge in [-0.1, -0.05) is 0 Å². The molecule has 4 nitrogen and oxygen atoms in total. The molecule has 2 heterocycles. The fourth-order valence-corrected chi connectivity index (χ4v) is 1.74. The topological polar surface area (TPSA) is 49.4 Å². The van der Waals surface area contributed by atoms with Gasteiger partial charge in [-0.2, -0.15) is 0 Å². The van der Waals surface area contributed by atoms with Crippen molar-refractivity contribution < 1.29 is 9.59 Å². The highest BCUT2D eigenvalue weighted by molar-refractivity contribution is 5.92. The summed E-state index contributed by atoms with van der Waals surface area (Å²) >= 11 is 0. The Morgan fingerprint density at radius 1 is 1.55 bits per heavy atom. The van der Waals surface area contributed by atoms with Crippen LogP contribution >= 0.6 is 0 Å². The predicted molar refractivity (Wildman–Crippen MR) is 37.5 cm³/mol. The van der Waals surface area contributed by atoms with Gasteiger partial charge in [-0.05, 0) is 13.3 Å². The summed E-state index contributed by atoms with van der Waals surface area (Å²) < 4.78 is 0. The Labute approximate surface area is 64.5 Å². The minimum Gasteiger partial charge on any atom is -0.334 e. The quantitative estimate of drug-likeness (QED) is 0.509. The molecule has 0 aromatic rings. The Bertz CT molecular complexity index is 226. The molecule has 2 atom stereocenters. The molecule has 0 spiro atoms. The highest BCUT2D eigenvalue weighted by atomic mass is 16.2. The molecule has 2 saturated heterocycles. The van der Waals surface area contributed by atoms with Gasteiger partial charge in [-0.3, -0.25) is 9.59 Å². The minimum atomic E-state index is -0.255. The maximum atomic E-state index is 11.1. The molecule has 0 radical (unpaired) electrons. The van der Waals surface area contributed by atoms with Crippen molar-refractivity contribution in [1.29, 1.82) is 0 Å². The third-order valence-electron chi connectivity index (χ3n) is 2.36. The fraction of sp³-hybridized carbons (Fsp3) is 0.714. The second-order valence-electron chi connectivity index (χ2n) is 3.04. The largest absolute Gasteiger partial charge is 0.334 e. The number of hydrogen-bond donors (Lipinski definition) is 1. The van der Waals surface area contributed by atoms with Crippen molar-refractivity contribution in [3.05, 3.63) is 0 Å². The standard InChI is InChI=1S/C7H10N2O2/c1-4-7(11)8-5-2-3-6(10)9(4)5/h4-5H,2-3H2,1H3,(H,8,11)/t4-,5+/m1/s1. The van der Waals surface area contributed by atoms with Crippen LogP contribution in [0.3, 0.4) is 0 Å². The van der Waals surface area contributed by atoms with Gasteiger partial charge in [0.25, 0.3) is 0 Å². The van der Waals surface area contributed by atoms with Gasteiger partial charge >= 0.3 is 0 Å². The maximum absolute atomic E-state index is 11.1. The summed E-state index contributed by atoms with van der Waals surface area (Å²) in [6, 6.07) is -0.255. The Kier molecular flexibility index (Phi) is 1.19. The van der Waals surface area contributed by atoms with E-state index in [-0.39, 0.29) is 24.0 Å². The van der Waals surface area contributed by atoms with Gasteiger partial charge in [0.15, 0.2) is 0 Å². The molecule has 0 aliphatic carbocycles. The molecular formula is C7H10N2O2. The van der Waals surface area contributed by atoms with Crippen molar-refractivity contribution in [2.75, 3.05) is 0 Å². The van der Waals surface area contributed by atoms with Crippen molar-refractivity contribution >= 4 is 11.8 Å². The van der Waals surface area contributed by atoms with E-state index in [4.69, 9.17) is 0 Å². The van der Waals surface area contributed by atoms with Crippen molar-refractivity contribution in [2.24, 2.45) is 0 Å². The Morgan fingerprint density at radius 2 is 2.27 bits per heavy atom. The number of fused-ring (bicyclic) bond motifs is 1. The molecule has 0 unspecified atom stereocenters. The number of nitrogens with zero attached hydrogens (tertiary/aromatic N) is 1. The molecule has 0 bridgehead atoms. The normalized spacial score (nSPS) is 35.9. The van der Waals surface area contributed by atoms with Crippen molar-refractivity contribution in [3.63, 3.8) is 0 Å². The molecule has 60 valence electrons. The summed E-state index contributed by atoms with van der Waals surface area (Å²) in [7, 11) is 0. The van der Waals surface area contributed by atoms with Gasteiger partial charge < -0.3 is 10.2 Å². The predicted octanol–water partition coefficient (Wildman–Crippen LogP) is -0.547. The number of rotatable bonds is 0. The van der Waals surface area contributed by atoms with Gasteiger partial charge in [0, 0.05) is 6.42 Å². The molecule has 2 aliphatic rings. The molecule has 1 N–H and O–H groups in total. The zero-order valence-electron chi connectivity index (χ0n) is 6.33. The summed E-state index contributed by atoms with van der Waals surface area (Å²) in [5.74, 6) is 0.0731. The first-order valence-corrected chi connectivity index (χ1v) is 3.81. The van der Waals surface area contributed by atoms with Crippen LogP contribution in [-0.4, -0.2) is 28.9 Å². The molecule has 11 heavy (non-hydrogen) atoms. The fourth-order valence-electron chi connectivity index (χ4n) is 1.74. The highest BCUT2D eigenvalue weighted by Gasteiger charge is 2.43. The van der Waals surface area contributed by atoms with Crippen LogP contribution in [0.15, 0.2) is 0 Å². The molecular weight excluding hydrogens is 144 g/mol. The molecule has 2 amide bonds. The van der Waals surface area contributed by atoms with Crippen LogP contribution in [0.5, 0.6) is 0 Å². The Hall–Kier alpha value is -1.06. The number of carbonyl (C=O) groups excluding carboxylic acids is 2. The van der Waals surface area contributed by atoms with Crippen molar-refractivity contribution in [2.45, 2.75) is 32.0 Å². The molecule has 2 fully saturated rings. The van der Waals surface area contributed by atoms with Gasteiger partial charge in [0.05, 0.1) is 0 Å². The van der Waals surface area contributed by atoms with E-state index in [0.717, 1.165) is 6.42 Å². The van der Waals surface area contributed by atoms with E-state index in [1.54, 1.807) is 11.8 Å². The van der Waals surface area contributed by atoms with Crippen LogP contribution in [0.25, 0.3) is 0 Å². The van der Waals surface area contributed by atoms with Crippen LogP contribution in [-0.2, 0) is 9.59 Å². The number of carbonyl (C=O) groups is 2. The Morgan fingerprint density at radius 3 is 2.91 bits per heavy atom. The third-order valence-corrected chi connectivity index (χ3v) is 2.36. The van der Waals surface area contributed by atoms with Crippen LogP contribution in [0.1, 0.15) is 19.8 Å².